The van der Waals surface area contributed by atoms with E-state index < -0.39 is 17.4 Å². The molecule has 0 saturated carbocycles. The molecule has 9 heteroatoms. The van der Waals surface area contributed by atoms with Crippen molar-refractivity contribution in [2.24, 2.45) is 0 Å². The summed E-state index contributed by atoms with van der Waals surface area (Å²) < 4.78 is 18.4. The van der Waals surface area contributed by atoms with E-state index in [1.165, 1.54) is 40.5 Å². The number of amides is 3. The molecule has 3 heterocycles. The summed E-state index contributed by atoms with van der Waals surface area (Å²) in [6, 6.07) is 8.88. The summed E-state index contributed by atoms with van der Waals surface area (Å²) >= 11 is 1.52. The first-order valence-corrected chi connectivity index (χ1v) is 9.62. The first-order chi connectivity index (χ1) is 13.5. The van der Waals surface area contributed by atoms with E-state index >= 15 is 0 Å². The topological polar surface area (TPSA) is 88.3 Å². The van der Waals surface area contributed by atoms with E-state index in [4.69, 9.17) is 4.52 Å². The van der Waals surface area contributed by atoms with Crippen LogP contribution in [-0.4, -0.2) is 33.5 Å². The van der Waals surface area contributed by atoms with Gasteiger partial charge in [-0.2, -0.15) is 4.98 Å². The molecule has 0 spiro atoms. The number of imide groups is 1. The average molecular weight is 400 g/mol. The Kier molecular flexibility index (Phi) is 4.68. The molecule has 1 aliphatic rings. The number of rotatable bonds is 6. The molecule has 1 aliphatic heterocycles. The summed E-state index contributed by atoms with van der Waals surface area (Å²) in [5, 5.41) is 8.58. The van der Waals surface area contributed by atoms with E-state index in [1.807, 2.05) is 17.5 Å². The predicted molar refractivity (Wildman–Crippen MR) is 99.9 cm³/mol. The molecule has 7 nitrogen and oxygen atoms in total. The molecule has 144 valence electrons. The van der Waals surface area contributed by atoms with Crippen molar-refractivity contribution < 1.29 is 18.5 Å². The summed E-state index contributed by atoms with van der Waals surface area (Å²) in [6.07, 6.45) is 0.938. The van der Waals surface area contributed by atoms with Gasteiger partial charge in [-0.3, -0.25) is 9.69 Å². The number of nitrogens with one attached hydrogen (secondary N) is 1. The van der Waals surface area contributed by atoms with E-state index in [0.717, 1.165) is 4.88 Å². The third-order valence-corrected chi connectivity index (χ3v) is 5.54. The lowest BCUT2D eigenvalue weighted by Crippen LogP contribution is -2.41. The van der Waals surface area contributed by atoms with Gasteiger partial charge in [0.15, 0.2) is 0 Å². The van der Waals surface area contributed by atoms with Crippen LogP contribution in [-0.2, 0) is 16.8 Å². The van der Waals surface area contributed by atoms with Gasteiger partial charge in [0.2, 0.25) is 11.7 Å². The molecular formula is C19H17FN4O3S. The van der Waals surface area contributed by atoms with Gasteiger partial charge in [-0.25, -0.2) is 9.18 Å². The monoisotopic (exact) mass is 400 g/mol. The minimum absolute atomic E-state index is 0.220. The molecule has 1 unspecified atom stereocenters. The number of benzene rings is 1. The molecule has 0 bridgehead atoms. The Morgan fingerprint density at radius 2 is 2.04 bits per heavy atom. The number of urea groups is 1. The van der Waals surface area contributed by atoms with Crippen LogP contribution < -0.4 is 5.32 Å². The Hall–Kier alpha value is -3.07. The largest absolute Gasteiger partial charge is 0.339 e. The van der Waals surface area contributed by atoms with Crippen molar-refractivity contribution >= 4 is 23.3 Å². The molecule has 0 aliphatic carbocycles. The smallest absolute Gasteiger partial charge is 0.325 e. The molecular weight excluding hydrogens is 383 g/mol. The lowest BCUT2D eigenvalue weighted by molar-refractivity contribution is -0.131. The Labute approximate surface area is 164 Å². The van der Waals surface area contributed by atoms with Gasteiger partial charge in [-0.15, -0.1) is 11.3 Å². The number of aromatic nitrogens is 2. The highest BCUT2D eigenvalue weighted by atomic mass is 32.1. The molecule has 3 amide bonds. The Morgan fingerprint density at radius 1 is 1.25 bits per heavy atom. The second kappa shape index (κ2) is 7.16. The number of hydrogen-bond donors (Lipinski definition) is 1. The predicted octanol–water partition coefficient (Wildman–Crippen LogP) is 3.34. The zero-order chi connectivity index (χ0) is 19.7. The molecule has 1 aromatic carbocycles. The Balaban J connectivity index is 1.39. The van der Waals surface area contributed by atoms with Gasteiger partial charge in [0.05, 0.1) is 4.88 Å². The summed E-state index contributed by atoms with van der Waals surface area (Å²) in [4.78, 5) is 31.6. The van der Waals surface area contributed by atoms with Crippen LogP contribution in [0.1, 0.15) is 24.8 Å². The molecule has 4 rings (SSSR count). The van der Waals surface area contributed by atoms with Gasteiger partial charge < -0.3 is 9.84 Å². The fourth-order valence-corrected chi connectivity index (χ4v) is 3.78. The Bertz CT molecular complexity index is 1000. The van der Waals surface area contributed by atoms with Crippen molar-refractivity contribution in [2.45, 2.75) is 25.3 Å². The molecule has 2 aromatic heterocycles. The lowest BCUT2D eigenvalue weighted by Gasteiger charge is -2.22. The average Bonchev–Trinajstić information content (AvgIpc) is 3.40. The quantitative estimate of drug-likeness (QED) is 0.641. The second-order valence-corrected chi connectivity index (χ2v) is 7.56. The first kappa shape index (κ1) is 18.3. The third-order valence-electron chi connectivity index (χ3n) is 4.68. The van der Waals surface area contributed by atoms with Crippen LogP contribution in [0.2, 0.25) is 0 Å². The van der Waals surface area contributed by atoms with Crippen LogP contribution in [0.5, 0.6) is 0 Å². The van der Waals surface area contributed by atoms with E-state index in [0.29, 0.717) is 30.1 Å². The van der Waals surface area contributed by atoms with Crippen molar-refractivity contribution in [2.75, 3.05) is 6.54 Å². The standard InChI is InChI=1S/C19H17FN4O3S/c1-19(12-6-8-13(20)9-7-12)17(25)24(18(26)22-19)10-2-5-15-21-16(23-27-15)14-4-3-11-28-14/h3-4,6-9,11H,2,5,10H2,1H3,(H,22,26). The number of halogens is 1. The van der Waals surface area contributed by atoms with Gasteiger partial charge in [0.1, 0.15) is 11.4 Å². The van der Waals surface area contributed by atoms with E-state index in [-0.39, 0.29) is 12.5 Å². The Morgan fingerprint density at radius 3 is 2.75 bits per heavy atom. The maximum atomic E-state index is 13.2. The highest BCUT2D eigenvalue weighted by Gasteiger charge is 2.48. The van der Waals surface area contributed by atoms with Crippen LogP contribution in [0.25, 0.3) is 10.7 Å². The fourth-order valence-electron chi connectivity index (χ4n) is 3.13. The van der Waals surface area contributed by atoms with Gasteiger partial charge in [-0.1, -0.05) is 23.4 Å². The number of aryl methyl sites for hydroxylation is 1. The minimum atomic E-state index is -1.21. The van der Waals surface area contributed by atoms with E-state index in [1.54, 1.807) is 6.92 Å². The summed E-state index contributed by atoms with van der Waals surface area (Å²) in [5.74, 6) is 0.219. The molecule has 28 heavy (non-hydrogen) atoms. The minimum Gasteiger partial charge on any atom is -0.339 e. The molecule has 1 fully saturated rings. The lowest BCUT2D eigenvalue weighted by atomic mass is 9.92. The van der Waals surface area contributed by atoms with Crippen molar-refractivity contribution in [3.63, 3.8) is 0 Å². The van der Waals surface area contributed by atoms with Crippen LogP contribution >= 0.6 is 11.3 Å². The number of carbonyl (C=O) groups is 2. The van der Waals surface area contributed by atoms with Crippen LogP contribution in [0.4, 0.5) is 9.18 Å². The zero-order valence-corrected chi connectivity index (χ0v) is 15.8. The number of hydrogen-bond acceptors (Lipinski definition) is 6. The highest BCUT2D eigenvalue weighted by molar-refractivity contribution is 7.13. The number of carbonyl (C=O) groups excluding carboxylic acids is 2. The molecule has 0 radical (unpaired) electrons. The maximum absolute atomic E-state index is 13.2. The molecule has 1 saturated heterocycles. The van der Waals surface area contributed by atoms with E-state index in [9.17, 15) is 14.0 Å². The normalized spacial score (nSPS) is 19.3. The van der Waals surface area contributed by atoms with Crippen LogP contribution in [0.15, 0.2) is 46.3 Å². The summed E-state index contributed by atoms with van der Waals surface area (Å²) in [5.41, 5.74) is -0.672. The summed E-state index contributed by atoms with van der Waals surface area (Å²) in [6.45, 7) is 1.84. The van der Waals surface area contributed by atoms with E-state index in [2.05, 4.69) is 15.5 Å². The maximum Gasteiger partial charge on any atom is 0.325 e. The first-order valence-electron chi connectivity index (χ1n) is 8.74. The van der Waals surface area contributed by atoms with Crippen molar-refractivity contribution in [3.8, 4) is 10.7 Å². The van der Waals surface area contributed by atoms with Gasteiger partial charge in [0, 0.05) is 13.0 Å². The highest BCUT2D eigenvalue weighted by Crippen LogP contribution is 2.29. The van der Waals surface area contributed by atoms with Crippen LogP contribution in [0.3, 0.4) is 0 Å². The molecule has 3 aromatic rings. The van der Waals surface area contributed by atoms with Gasteiger partial charge >= 0.3 is 6.03 Å². The van der Waals surface area contributed by atoms with Crippen molar-refractivity contribution in [1.29, 1.82) is 0 Å². The molecule has 1 atom stereocenters. The third kappa shape index (κ3) is 3.29. The van der Waals surface area contributed by atoms with Crippen LogP contribution in [0, 0.1) is 5.82 Å². The fraction of sp³-hybridized carbons (Fsp3) is 0.263. The zero-order valence-electron chi connectivity index (χ0n) is 15.0. The molecule has 1 N–H and O–H groups in total. The van der Waals surface area contributed by atoms with Crippen molar-refractivity contribution in [3.05, 3.63) is 59.0 Å². The van der Waals surface area contributed by atoms with Gasteiger partial charge in [0.25, 0.3) is 5.91 Å². The number of thiophene rings is 1. The SMILES string of the molecule is CC1(c2ccc(F)cc2)NC(=O)N(CCCc2nc(-c3cccs3)no2)C1=O. The number of nitrogens with zero attached hydrogens (tertiary/aromatic N) is 3. The second-order valence-electron chi connectivity index (χ2n) is 6.61. The van der Waals surface area contributed by atoms with Crippen molar-refractivity contribution in [1.82, 2.24) is 20.4 Å². The summed E-state index contributed by atoms with van der Waals surface area (Å²) in [7, 11) is 0. The van der Waals surface area contributed by atoms with Gasteiger partial charge in [-0.05, 0) is 42.5 Å².